The van der Waals surface area contributed by atoms with E-state index in [2.05, 4.69) is 16.0 Å². The molecule has 29 heavy (non-hydrogen) atoms. The molecule has 0 aromatic heterocycles. The Bertz CT molecular complexity index is 895. The third-order valence-electron chi connectivity index (χ3n) is 4.86. The first-order valence-corrected chi connectivity index (χ1v) is 9.36. The number of para-hydroxylation sites is 1. The summed E-state index contributed by atoms with van der Waals surface area (Å²) in [6, 6.07) is 13.0. The lowest BCUT2D eigenvalue weighted by molar-refractivity contribution is -0.384. The average molecular weight is 397 g/mol. The molecule has 1 saturated heterocycles. The zero-order chi connectivity index (χ0) is 20.8. The largest absolute Gasteiger partial charge is 0.387 e. The minimum Gasteiger partial charge on any atom is -0.387 e. The second-order valence-electron chi connectivity index (χ2n) is 6.77. The number of nitrogens with one attached hydrogen (secondary N) is 3. The lowest BCUT2D eigenvalue weighted by Crippen LogP contribution is -2.47. The number of benzene rings is 2. The Hall–Kier alpha value is -3.62. The Kier molecular flexibility index (Phi) is 6.28. The molecule has 3 N–H and O–H groups in total. The highest BCUT2D eigenvalue weighted by molar-refractivity contribution is 6.00. The molecular weight excluding hydrogens is 374 g/mol. The first kappa shape index (κ1) is 20.1. The van der Waals surface area contributed by atoms with Gasteiger partial charge in [0.15, 0.2) is 0 Å². The van der Waals surface area contributed by atoms with E-state index in [1.54, 1.807) is 24.1 Å². The molecule has 0 unspecified atom stereocenters. The smallest absolute Gasteiger partial charge is 0.319 e. The summed E-state index contributed by atoms with van der Waals surface area (Å²) in [7, 11) is 1.67. The standard InChI is InChI=1S/C20H23N5O4/c1-21-18-8-7-16(25(28)29)13-17(18)19(26)24-11-9-15(10-12-24)23-20(27)22-14-5-3-2-4-6-14/h2-8,13,15,21H,9-12H2,1H3,(H2,22,23,27). The Morgan fingerprint density at radius 3 is 2.41 bits per heavy atom. The maximum Gasteiger partial charge on any atom is 0.319 e. The summed E-state index contributed by atoms with van der Waals surface area (Å²) in [5, 5.41) is 19.6. The maximum atomic E-state index is 12.9. The molecule has 0 radical (unpaired) electrons. The fraction of sp³-hybridized carbons (Fsp3) is 0.300. The van der Waals surface area contributed by atoms with Crippen molar-refractivity contribution in [1.82, 2.24) is 10.2 Å². The number of carbonyl (C=O) groups excluding carboxylic acids is 2. The molecule has 0 bridgehead atoms. The molecule has 3 rings (SSSR count). The van der Waals surface area contributed by atoms with Crippen LogP contribution in [0.2, 0.25) is 0 Å². The molecule has 1 aliphatic rings. The molecule has 0 spiro atoms. The number of nitro groups is 1. The normalized spacial score (nSPS) is 14.2. The topological polar surface area (TPSA) is 117 Å². The highest BCUT2D eigenvalue weighted by Gasteiger charge is 2.27. The highest BCUT2D eigenvalue weighted by Crippen LogP contribution is 2.24. The van der Waals surface area contributed by atoms with Gasteiger partial charge in [-0.2, -0.15) is 0 Å². The van der Waals surface area contributed by atoms with Crippen molar-refractivity contribution in [1.29, 1.82) is 0 Å². The second kappa shape index (κ2) is 9.05. The molecular formula is C20H23N5O4. The number of urea groups is 1. The van der Waals surface area contributed by atoms with Crippen molar-refractivity contribution in [3.05, 3.63) is 64.2 Å². The van der Waals surface area contributed by atoms with Crippen LogP contribution in [-0.4, -0.2) is 47.9 Å². The SMILES string of the molecule is CNc1ccc([N+](=O)[O-])cc1C(=O)N1CCC(NC(=O)Nc2ccccc2)CC1. The molecule has 2 aromatic carbocycles. The van der Waals surface area contributed by atoms with E-state index in [1.807, 2.05) is 18.2 Å². The summed E-state index contributed by atoms with van der Waals surface area (Å²) in [4.78, 5) is 37.2. The zero-order valence-electron chi connectivity index (χ0n) is 16.1. The van der Waals surface area contributed by atoms with Gasteiger partial charge in [-0.15, -0.1) is 0 Å². The number of non-ortho nitro benzene ring substituents is 1. The number of hydrogen-bond acceptors (Lipinski definition) is 5. The number of carbonyl (C=O) groups is 2. The van der Waals surface area contributed by atoms with Crippen LogP contribution in [0.25, 0.3) is 0 Å². The van der Waals surface area contributed by atoms with Crippen LogP contribution in [0.4, 0.5) is 21.9 Å². The van der Waals surface area contributed by atoms with Crippen molar-refractivity contribution in [3.63, 3.8) is 0 Å². The number of hydrogen-bond donors (Lipinski definition) is 3. The quantitative estimate of drug-likeness (QED) is 0.530. The van der Waals surface area contributed by atoms with Crippen LogP contribution < -0.4 is 16.0 Å². The third kappa shape index (κ3) is 5.01. The van der Waals surface area contributed by atoms with Gasteiger partial charge in [-0.25, -0.2) is 4.79 Å². The molecule has 1 heterocycles. The van der Waals surface area contributed by atoms with Crippen LogP contribution >= 0.6 is 0 Å². The monoisotopic (exact) mass is 397 g/mol. The lowest BCUT2D eigenvalue weighted by atomic mass is 10.0. The van der Waals surface area contributed by atoms with Gasteiger partial charge in [0, 0.05) is 49.7 Å². The van der Waals surface area contributed by atoms with Crippen LogP contribution in [-0.2, 0) is 0 Å². The lowest BCUT2D eigenvalue weighted by Gasteiger charge is -2.32. The number of nitrogens with zero attached hydrogens (tertiary/aromatic N) is 2. The van der Waals surface area contributed by atoms with Gasteiger partial charge in [0.05, 0.1) is 10.5 Å². The summed E-state index contributed by atoms with van der Waals surface area (Å²) in [5.74, 6) is -0.259. The van der Waals surface area contributed by atoms with Gasteiger partial charge < -0.3 is 20.9 Å². The van der Waals surface area contributed by atoms with Crippen LogP contribution in [0.1, 0.15) is 23.2 Å². The van der Waals surface area contributed by atoms with Crippen molar-refractivity contribution < 1.29 is 14.5 Å². The number of anilines is 2. The van der Waals surface area contributed by atoms with Crippen molar-refractivity contribution in [2.75, 3.05) is 30.8 Å². The fourth-order valence-electron chi connectivity index (χ4n) is 3.31. The van der Waals surface area contributed by atoms with Crippen LogP contribution in [0.5, 0.6) is 0 Å². The van der Waals surface area contributed by atoms with E-state index in [1.165, 1.54) is 18.2 Å². The maximum absolute atomic E-state index is 12.9. The van der Waals surface area contributed by atoms with Crippen molar-refractivity contribution in [3.8, 4) is 0 Å². The Morgan fingerprint density at radius 2 is 1.79 bits per heavy atom. The van der Waals surface area contributed by atoms with Gasteiger partial charge in [-0.05, 0) is 31.0 Å². The zero-order valence-corrected chi connectivity index (χ0v) is 16.1. The van der Waals surface area contributed by atoms with Crippen molar-refractivity contribution >= 4 is 29.0 Å². The number of piperidine rings is 1. The van der Waals surface area contributed by atoms with Gasteiger partial charge >= 0.3 is 6.03 Å². The summed E-state index contributed by atoms with van der Waals surface area (Å²) in [5.41, 5.74) is 1.40. The molecule has 3 amide bonds. The second-order valence-corrected chi connectivity index (χ2v) is 6.77. The van der Waals surface area contributed by atoms with E-state index < -0.39 is 4.92 Å². The summed E-state index contributed by atoms with van der Waals surface area (Å²) in [6.45, 7) is 0.919. The van der Waals surface area contributed by atoms with E-state index >= 15 is 0 Å². The minimum atomic E-state index is -0.516. The predicted octanol–water partition coefficient (Wildman–Crippen LogP) is 3.06. The Labute approximate surface area is 168 Å². The van der Waals surface area contributed by atoms with E-state index in [0.29, 0.717) is 37.3 Å². The Morgan fingerprint density at radius 1 is 1.10 bits per heavy atom. The molecule has 9 nitrogen and oxygen atoms in total. The van der Waals surface area contributed by atoms with Gasteiger partial charge in [0.25, 0.3) is 11.6 Å². The van der Waals surface area contributed by atoms with Gasteiger partial charge in [0.1, 0.15) is 0 Å². The van der Waals surface area contributed by atoms with Crippen molar-refractivity contribution in [2.24, 2.45) is 0 Å². The first-order chi connectivity index (χ1) is 14.0. The summed E-state index contributed by atoms with van der Waals surface area (Å²) in [6.07, 6.45) is 1.22. The molecule has 2 aromatic rings. The Balaban J connectivity index is 1.58. The summed E-state index contributed by atoms with van der Waals surface area (Å²) >= 11 is 0. The van der Waals surface area contributed by atoms with Crippen LogP contribution in [0, 0.1) is 10.1 Å². The number of nitro benzene ring substituents is 1. The van der Waals surface area contributed by atoms with E-state index in [0.717, 1.165) is 0 Å². The molecule has 0 aliphatic carbocycles. The highest BCUT2D eigenvalue weighted by atomic mass is 16.6. The fourth-order valence-corrected chi connectivity index (χ4v) is 3.31. The first-order valence-electron chi connectivity index (χ1n) is 9.36. The number of amides is 3. The average Bonchev–Trinajstić information content (AvgIpc) is 2.74. The van der Waals surface area contributed by atoms with E-state index in [-0.39, 0.29) is 29.2 Å². The minimum absolute atomic E-state index is 0.0448. The molecule has 9 heteroatoms. The predicted molar refractivity (Wildman–Crippen MR) is 110 cm³/mol. The van der Waals surface area contributed by atoms with Gasteiger partial charge in [-0.3, -0.25) is 14.9 Å². The molecule has 1 fully saturated rings. The number of rotatable bonds is 5. The summed E-state index contributed by atoms with van der Waals surface area (Å²) < 4.78 is 0. The molecule has 0 atom stereocenters. The van der Waals surface area contributed by atoms with Crippen LogP contribution in [0.3, 0.4) is 0 Å². The van der Waals surface area contributed by atoms with Gasteiger partial charge in [0.2, 0.25) is 0 Å². The van der Waals surface area contributed by atoms with Crippen LogP contribution in [0.15, 0.2) is 48.5 Å². The third-order valence-corrected chi connectivity index (χ3v) is 4.86. The number of likely N-dealkylation sites (tertiary alicyclic amines) is 1. The van der Waals surface area contributed by atoms with Gasteiger partial charge in [-0.1, -0.05) is 18.2 Å². The molecule has 1 aliphatic heterocycles. The molecule has 0 saturated carbocycles. The van der Waals surface area contributed by atoms with Crippen molar-refractivity contribution in [2.45, 2.75) is 18.9 Å². The molecule has 152 valence electrons. The van der Waals surface area contributed by atoms with E-state index in [4.69, 9.17) is 0 Å². The van der Waals surface area contributed by atoms with E-state index in [9.17, 15) is 19.7 Å².